The summed E-state index contributed by atoms with van der Waals surface area (Å²) in [6.45, 7) is 10.5. The van der Waals surface area contributed by atoms with Crippen molar-refractivity contribution < 1.29 is 9.13 Å². The van der Waals surface area contributed by atoms with Crippen LogP contribution in [-0.2, 0) is 4.74 Å². The third kappa shape index (κ3) is 6.47. The Morgan fingerprint density at radius 1 is 1.25 bits per heavy atom. The Morgan fingerprint density at radius 2 is 1.93 bits per heavy atom. The van der Waals surface area contributed by atoms with Gasteiger partial charge in [-0.25, -0.2) is 4.39 Å². The van der Waals surface area contributed by atoms with Crippen molar-refractivity contribution in [1.29, 1.82) is 0 Å². The van der Waals surface area contributed by atoms with Gasteiger partial charge in [-0.3, -0.25) is 9.89 Å². The minimum absolute atomic E-state index is 0. The van der Waals surface area contributed by atoms with Gasteiger partial charge in [0.05, 0.1) is 19.3 Å². The van der Waals surface area contributed by atoms with Crippen molar-refractivity contribution in [2.75, 3.05) is 58.7 Å². The zero-order valence-electron chi connectivity index (χ0n) is 17.0. The van der Waals surface area contributed by atoms with Crippen LogP contribution in [0.5, 0.6) is 0 Å². The Labute approximate surface area is 189 Å². The molecule has 28 heavy (non-hydrogen) atoms. The van der Waals surface area contributed by atoms with Gasteiger partial charge in [-0.2, -0.15) is 11.8 Å². The standard InChI is InChI=1S/C20H31FN4OS.HI/c1-20(2)15-25(10-13-27-20)19(22-3)23-14-18(24-8-11-26-12-9-24)16-4-6-17(21)7-5-16;/h4-7,18H,8-15H2,1-3H3,(H,22,23);1H. The lowest BCUT2D eigenvalue weighted by atomic mass is 10.0. The van der Waals surface area contributed by atoms with E-state index in [0.29, 0.717) is 0 Å². The molecule has 1 N–H and O–H groups in total. The van der Waals surface area contributed by atoms with Gasteiger partial charge in [0.15, 0.2) is 5.96 Å². The smallest absolute Gasteiger partial charge is 0.193 e. The zero-order valence-corrected chi connectivity index (χ0v) is 20.1. The van der Waals surface area contributed by atoms with Crippen molar-refractivity contribution in [2.24, 2.45) is 4.99 Å². The van der Waals surface area contributed by atoms with Crippen molar-refractivity contribution in [3.05, 3.63) is 35.6 Å². The van der Waals surface area contributed by atoms with E-state index in [4.69, 9.17) is 4.74 Å². The van der Waals surface area contributed by atoms with Gasteiger partial charge in [0.1, 0.15) is 5.82 Å². The molecule has 2 saturated heterocycles. The molecule has 2 aliphatic rings. The fourth-order valence-corrected chi connectivity index (χ4v) is 4.86. The number of nitrogens with zero attached hydrogens (tertiary/aromatic N) is 3. The van der Waals surface area contributed by atoms with E-state index >= 15 is 0 Å². The Morgan fingerprint density at radius 3 is 2.54 bits per heavy atom. The lowest BCUT2D eigenvalue weighted by molar-refractivity contribution is 0.0168. The molecule has 0 radical (unpaired) electrons. The van der Waals surface area contributed by atoms with Crippen LogP contribution < -0.4 is 5.32 Å². The maximum Gasteiger partial charge on any atom is 0.193 e. The molecular formula is C20H32FIN4OS. The maximum absolute atomic E-state index is 13.4. The van der Waals surface area contributed by atoms with E-state index in [0.717, 1.165) is 63.2 Å². The van der Waals surface area contributed by atoms with E-state index in [1.165, 1.54) is 0 Å². The van der Waals surface area contributed by atoms with Crippen LogP contribution in [0.4, 0.5) is 4.39 Å². The number of hydrogen-bond acceptors (Lipinski definition) is 4. The number of aliphatic imine (C=N–C) groups is 1. The quantitative estimate of drug-likeness (QED) is 0.374. The third-order valence-electron chi connectivity index (χ3n) is 5.13. The van der Waals surface area contributed by atoms with Crippen LogP contribution in [0.25, 0.3) is 0 Å². The molecule has 0 amide bonds. The first-order chi connectivity index (χ1) is 13.0. The number of morpholine rings is 1. The topological polar surface area (TPSA) is 40.1 Å². The molecule has 0 aliphatic carbocycles. The van der Waals surface area contributed by atoms with Crippen LogP contribution >= 0.6 is 35.7 Å². The molecule has 2 heterocycles. The largest absolute Gasteiger partial charge is 0.379 e. The van der Waals surface area contributed by atoms with Crippen LogP contribution in [-0.4, -0.2) is 79.2 Å². The first-order valence-electron chi connectivity index (χ1n) is 9.65. The highest BCUT2D eigenvalue weighted by Crippen LogP contribution is 2.29. The molecule has 8 heteroatoms. The fourth-order valence-electron chi connectivity index (χ4n) is 3.75. The number of ether oxygens (including phenoxy) is 1. The third-order valence-corrected chi connectivity index (χ3v) is 6.43. The van der Waals surface area contributed by atoms with Crippen LogP contribution in [0.15, 0.2) is 29.3 Å². The highest BCUT2D eigenvalue weighted by Gasteiger charge is 2.29. The Bertz CT molecular complexity index is 638. The molecule has 1 unspecified atom stereocenters. The zero-order chi connectivity index (χ0) is 19.3. The van der Waals surface area contributed by atoms with Gasteiger partial charge in [-0.1, -0.05) is 12.1 Å². The van der Waals surface area contributed by atoms with Crippen LogP contribution in [0, 0.1) is 5.82 Å². The second-order valence-electron chi connectivity index (χ2n) is 7.67. The number of halogens is 2. The summed E-state index contributed by atoms with van der Waals surface area (Å²) in [5.41, 5.74) is 1.12. The summed E-state index contributed by atoms with van der Waals surface area (Å²) in [4.78, 5) is 9.28. The summed E-state index contributed by atoms with van der Waals surface area (Å²) in [5.74, 6) is 1.86. The Hall–Kier alpha value is -0.580. The SMILES string of the molecule is CN=C(NCC(c1ccc(F)cc1)N1CCOCC1)N1CCSC(C)(C)C1.I. The lowest BCUT2D eigenvalue weighted by Crippen LogP contribution is -2.52. The summed E-state index contributed by atoms with van der Waals surface area (Å²) < 4.78 is 19.1. The number of thioether (sulfide) groups is 1. The molecular weight excluding hydrogens is 490 g/mol. The number of nitrogens with one attached hydrogen (secondary N) is 1. The number of benzene rings is 1. The minimum Gasteiger partial charge on any atom is -0.379 e. The second kappa shape index (κ2) is 11.0. The van der Waals surface area contributed by atoms with E-state index in [9.17, 15) is 4.39 Å². The Balaban J connectivity index is 0.00000280. The van der Waals surface area contributed by atoms with Gasteiger partial charge in [-0.05, 0) is 31.5 Å². The van der Waals surface area contributed by atoms with Crippen molar-refractivity contribution in [3.63, 3.8) is 0 Å². The molecule has 0 aromatic heterocycles. The Kier molecular flexibility index (Phi) is 9.30. The number of rotatable bonds is 4. The average Bonchev–Trinajstić information content (AvgIpc) is 2.66. The van der Waals surface area contributed by atoms with Crippen molar-refractivity contribution in [2.45, 2.75) is 24.6 Å². The van der Waals surface area contributed by atoms with Gasteiger partial charge in [0, 0.05) is 50.3 Å². The minimum atomic E-state index is -0.198. The maximum atomic E-state index is 13.4. The first kappa shape index (κ1) is 23.7. The van der Waals surface area contributed by atoms with Crippen LogP contribution in [0.3, 0.4) is 0 Å². The van der Waals surface area contributed by atoms with Crippen LogP contribution in [0.1, 0.15) is 25.5 Å². The molecule has 3 rings (SSSR count). The monoisotopic (exact) mass is 522 g/mol. The normalized spacial score (nSPS) is 21.7. The van der Waals surface area contributed by atoms with E-state index in [2.05, 4.69) is 34.0 Å². The van der Waals surface area contributed by atoms with Gasteiger partial charge in [0.2, 0.25) is 0 Å². The molecule has 1 aromatic rings. The van der Waals surface area contributed by atoms with E-state index in [1.54, 1.807) is 12.1 Å². The molecule has 0 bridgehead atoms. The van der Waals surface area contributed by atoms with Gasteiger partial charge in [-0.15, -0.1) is 24.0 Å². The molecule has 1 aromatic carbocycles. The predicted molar refractivity (Wildman–Crippen MR) is 126 cm³/mol. The van der Waals surface area contributed by atoms with Crippen molar-refractivity contribution in [3.8, 4) is 0 Å². The molecule has 158 valence electrons. The highest BCUT2D eigenvalue weighted by atomic mass is 127. The summed E-state index contributed by atoms with van der Waals surface area (Å²) in [7, 11) is 1.85. The molecule has 2 aliphatic heterocycles. The second-order valence-corrected chi connectivity index (χ2v) is 9.48. The van der Waals surface area contributed by atoms with E-state index in [-0.39, 0.29) is 40.6 Å². The molecule has 0 spiro atoms. The van der Waals surface area contributed by atoms with E-state index in [1.807, 2.05) is 30.9 Å². The molecule has 2 fully saturated rings. The number of guanidine groups is 1. The highest BCUT2D eigenvalue weighted by molar-refractivity contribution is 14.0. The van der Waals surface area contributed by atoms with E-state index < -0.39 is 0 Å². The van der Waals surface area contributed by atoms with Gasteiger partial charge >= 0.3 is 0 Å². The van der Waals surface area contributed by atoms with Gasteiger partial charge < -0.3 is 15.0 Å². The summed E-state index contributed by atoms with van der Waals surface area (Å²) in [5, 5.41) is 3.58. The van der Waals surface area contributed by atoms with Crippen LogP contribution in [0.2, 0.25) is 0 Å². The summed E-state index contributed by atoms with van der Waals surface area (Å²) in [6.07, 6.45) is 0. The average molecular weight is 522 g/mol. The summed E-state index contributed by atoms with van der Waals surface area (Å²) in [6, 6.07) is 7.03. The first-order valence-corrected chi connectivity index (χ1v) is 10.6. The lowest BCUT2D eigenvalue weighted by Gasteiger charge is -2.40. The van der Waals surface area contributed by atoms with Crippen molar-refractivity contribution >= 4 is 41.7 Å². The van der Waals surface area contributed by atoms with Gasteiger partial charge in [0.25, 0.3) is 0 Å². The molecule has 5 nitrogen and oxygen atoms in total. The molecule has 1 atom stereocenters. The number of hydrogen-bond donors (Lipinski definition) is 1. The molecule has 0 saturated carbocycles. The fraction of sp³-hybridized carbons (Fsp3) is 0.650. The van der Waals surface area contributed by atoms with Crippen molar-refractivity contribution in [1.82, 2.24) is 15.1 Å². The summed E-state index contributed by atoms with van der Waals surface area (Å²) >= 11 is 2.02. The predicted octanol–water partition coefficient (Wildman–Crippen LogP) is 3.22.